The molecule has 1 amide bonds. The Morgan fingerprint density at radius 2 is 1.62 bits per heavy atom. The summed E-state index contributed by atoms with van der Waals surface area (Å²) in [5.41, 5.74) is 3.56. The third-order valence-corrected chi connectivity index (χ3v) is 4.41. The second kappa shape index (κ2) is 7.93. The van der Waals surface area contributed by atoms with Crippen LogP contribution in [0.5, 0.6) is 23.0 Å². The van der Waals surface area contributed by atoms with Crippen molar-refractivity contribution in [3.05, 3.63) is 83.9 Å². The van der Waals surface area contributed by atoms with Crippen molar-refractivity contribution < 1.29 is 24.5 Å². The molecule has 7 heteroatoms. The van der Waals surface area contributed by atoms with E-state index in [0.717, 1.165) is 5.56 Å². The number of ether oxygens (including phenoxy) is 2. The lowest BCUT2D eigenvalue weighted by Crippen LogP contribution is -2.44. The highest BCUT2D eigenvalue weighted by molar-refractivity contribution is 5.87. The Labute approximate surface area is 166 Å². The fourth-order valence-electron chi connectivity index (χ4n) is 2.99. The SMILES string of the molecule is O=C(N/N=C/c1ccc(O)cc1O)C1Oc2ccccc2OC1c1ccccc1. The maximum Gasteiger partial charge on any atom is 0.285 e. The van der Waals surface area contributed by atoms with Gasteiger partial charge in [0, 0.05) is 11.6 Å². The zero-order chi connectivity index (χ0) is 20.2. The van der Waals surface area contributed by atoms with Gasteiger partial charge in [-0.05, 0) is 29.8 Å². The molecule has 29 heavy (non-hydrogen) atoms. The molecule has 146 valence electrons. The zero-order valence-electron chi connectivity index (χ0n) is 15.2. The minimum Gasteiger partial charge on any atom is -0.508 e. The van der Waals surface area contributed by atoms with Crippen molar-refractivity contribution in [2.24, 2.45) is 5.10 Å². The number of carbonyl (C=O) groups excluding carboxylic acids is 1. The van der Waals surface area contributed by atoms with Gasteiger partial charge >= 0.3 is 0 Å². The molecular formula is C22H18N2O5. The van der Waals surface area contributed by atoms with Crippen LogP contribution in [0.4, 0.5) is 0 Å². The number of aromatic hydroxyl groups is 2. The molecule has 0 spiro atoms. The van der Waals surface area contributed by atoms with E-state index in [9.17, 15) is 15.0 Å². The first kappa shape index (κ1) is 18.4. The number of benzene rings is 3. The van der Waals surface area contributed by atoms with E-state index in [-0.39, 0.29) is 11.5 Å². The van der Waals surface area contributed by atoms with Gasteiger partial charge in [0.05, 0.1) is 6.21 Å². The van der Waals surface area contributed by atoms with Crippen molar-refractivity contribution in [3.63, 3.8) is 0 Å². The number of phenols is 2. The van der Waals surface area contributed by atoms with Gasteiger partial charge in [0.1, 0.15) is 11.5 Å². The molecule has 2 unspecified atom stereocenters. The van der Waals surface area contributed by atoms with E-state index < -0.39 is 18.1 Å². The lowest BCUT2D eigenvalue weighted by atomic mass is 10.0. The largest absolute Gasteiger partial charge is 0.508 e. The van der Waals surface area contributed by atoms with Crippen LogP contribution in [0.25, 0.3) is 0 Å². The smallest absolute Gasteiger partial charge is 0.285 e. The summed E-state index contributed by atoms with van der Waals surface area (Å²) in [6.45, 7) is 0. The van der Waals surface area contributed by atoms with Gasteiger partial charge < -0.3 is 19.7 Å². The summed E-state index contributed by atoms with van der Waals surface area (Å²) in [5, 5.41) is 23.0. The molecule has 1 aliphatic rings. The quantitative estimate of drug-likeness (QED) is 0.469. The summed E-state index contributed by atoms with van der Waals surface area (Å²) in [5.74, 6) is 0.308. The van der Waals surface area contributed by atoms with E-state index in [1.54, 1.807) is 18.2 Å². The Hall–Kier alpha value is -4.00. The van der Waals surface area contributed by atoms with Gasteiger partial charge in [-0.15, -0.1) is 0 Å². The Balaban J connectivity index is 1.55. The van der Waals surface area contributed by atoms with Gasteiger partial charge in [-0.1, -0.05) is 42.5 Å². The topological polar surface area (TPSA) is 100 Å². The highest BCUT2D eigenvalue weighted by Crippen LogP contribution is 2.39. The van der Waals surface area contributed by atoms with E-state index >= 15 is 0 Å². The summed E-state index contributed by atoms with van der Waals surface area (Å²) in [6.07, 6.45) is -0.330. The molecule has 1 heterocycles. The number of phenolic OH excluding ortho intramolecular Hbond substituents is 2. The van der Waals surface area contributed by atoms with E-state index in [2.05, 4.69) is 10.5 Å². The van der Waals surface area contributed by atoms with Gasteiger partial charge in [0.2, 0.25) is 6.10 Å². The monoisotopic (exact) mass is 390 g/mol. The first-order valence-corrected chi connectivity index (χ1v) is 8.94. The third kappa shape index (κ3) is 3.98. The summed E-state index contributed by atoms with van der Waals surface area (Å²) in [7, 11) is 0. The Bertz CT molecular complexity index is 1050. The van der Waals surface area contributed by atoms with Gasteiger partial charge in [-0.2, -0.15) is 5.10 Å². The maximum absolute atomic E-state index is 12.8. The van der Waals surface area contributed by atoms with Crippen LogP contribution in [0.15, 0.2) is 77.9 Å². The fraction of sp³-hybridized carbons (Fsp3) is 0.0909. The van der Waals surface area contributed by atoms with Crippen LogP contribution in [0.2, 0.25) is 0 Å². The minimum absolute atomic E-state index is 0.0687. The number of rotatable bonds is 4. The van der Waals surface area contributed by atoms with Crippen LogP contribution in [0.1, 0.15) is 17.2 Å². The van der Waals surface area contributed by atoms with Crippen molar-refractivity contribution in [1.29, 1.82) is 0 Å². The van der Waals surface area contributed by atoms with Crippen LogP contribution in [0, 0.1) is 0 Å². The molecule has 3 aromatic carbocycles. The van der Waals surface area contributed by atoms with Gasteiger partial charge in [-0.3, -0.25) is 4.79 Å². The molecule has 4 rings (SSSR count). The van der Waals surface area contributed by atoms with Crippen molar-refractivity contribution in [2.45, 2.75) is 12.2 Å². The number of amides is 1. The molecule has 0 saturated carbocycles. The second-order valence-corrected chi connectivity index (χ2v) is 6.41. The number of nitrogens with zero attached hydrogens (tertiary/aromatic N) is 1. The number of nitrogens with one attached hydrogen (secondary N) is 1. The van der Waals surface area contributed by atoms with Crippen LogP contribution in [-0.4, -0.2) is 28.4 Å². The lowest BCUT2D eigenvalue weighted by Gasteiger charge is -2.32. The number of fused-ring (bicyclic) bond motifs is 1. The number of hydrazone groups is 1. The summed E-state index contributed by atoms with van der Waals surface area (Å²) in [6, 6.07) is 20.5. The highest BCUT2D eigenvalue weighted by Gasteiger charge is 2.38. The normalized spacial score (nSPS) is 17.8. The minimum atomic E-state index is -0.960. The molecule has 3 N–H and O–H groups in total. The highest BCUT2D eigenvalue weighted by atomic mass is 16.6. The Morgan fingerprint density at radius 3 is 2.34 bits per heavy atom. The number of carbonyl (C=O) groups is 1. The first-order chi connectivity index (χ1) is 14.1. The van der Waals surface area contributed by atoms with Crippen LogP contribution >= 0.6 is 0 Å². The molecule has 1 aliphatic heterocycles. The Morgan fingerprint density at radius 1 is 0.931 bits per heavy atom. The van der Waals surface area contributed by atoms with E-state index in [0.29, 0.717) is 17.1 Å². The molecular weight excluding hydrogens is 372 g/mol. The Kier molecular flexibility index (Phi) is 5.03. The molecule has 7 nitrogen and oxygen atoms in total. The van der Waals surface area contributed by atoms with Crippen molar-refractivity contribution >= 4 is 12.1 Å². The number of hydrogen-bond donors (Lipinski definition) is 3. The van der Waals surface area contributed by atoms with E-state index in [1.165, 1.54) is 24.4 Å². The molecule has 0 radical (unpaired) electrons. The molecule has 0 bridgehead atoms. The summed E-state index contributed by atoms with van der Waals surface area (Å²) >= 11 is 0. The fourth-order valence-corrected chi connectivity index (χ4v) is 2.99. The molecule has 0 saturated heterocycles. The summed E-state index contributed by atoms with van der Waals surface area (Å²) in [4.78, 5) is 12.8. The number of para-hydroxylation sites is 2. The van der Waals surface area contributed by atoms with Crippen molar-refractivity contribution in [1.82, 2.24) is 5.43 Å². The molecule has 0 fully saturated rings. The van der Waals surface area contributed by atoms with Gasteiger partial charge in [-0.25, -0.2) is 5.43 Å². The third-order valence-electron chi connectivity index (χ3n) is 4.41. The average Bonchev–Trinajstić information content (AvgIpc) is 2.75. The van der Waals surface area contributed by atoms with Gasteiger partial charge in [0.15, 0.2) is 17.6 Å². The van der Waals surface area contributed by atoms with Crippen LogP contribution < -0.4 is 14.9 Å². The molecule has 0 aliphatic carbocycles. The van der Waals surface area contributed by atoms with E-state index in [1.807, 2.05) is 36.4 Å². The standard InChI is InChI=1S/C22H18N2O5/c25-16-11-10-15(17(26)12-16)13-23-24-22(27)21-20(14-6-2-1-3-7-14)28-18-8-4-5-9-19(18)29-21/h1-13,20-21,25-26H,(H,24,27)/b23-13+. The van der Waals surface area contributed by atoms with Gasteiger partial charge in [0.25, 0.3) is 5.91 Å². The molecule has 0 aromatic heterocycles. The molecule has 2 atom stereocenters. The average molecular weight is 390 g/mol. The first-order valence-electron chi connectivity index (χ1n) is 8.94. The summed E-state index contributed by atoms with van der Waals surface area (Å²) < 4.78 is 12.0. The lowest BCUT2D eigenvalue weighted by molar-refractivity contribution is -0.134. The predicted molar refractivity (Wildman–Crippen MR) is 106 cm³/mol. The molecule has 3 aromatic rings. The van der Waals surface area contributed by atoms with Crippen molar-refractivity contribution in [2.75, 3.05) is 0 Å². The van der Waals surface area contributed by atoms with Crippen LogP contribution in [0.3, 0.4) is 0 Å². The predicted octanol–water partition coefficient (Wildman–Crippen LogP) is 3.13. The van der Waals surface area contributed by atoms with E-state index in [4.69, 9.17) is 9.47 Å². The number of hydrogen-bond acceptors (Lipinski definition) is 6. The second-order valence-electron chi connectivity index (χ2n) is 6.41. The van der Waals surface area contributed by atoms with Crippen molar-refractivity contribution in [3.8, 4) is 23.0 Å². The van der Waals surface area contributed by atoms with Crippen LogP contribution in [-0.2, 0) is 4.79 Å². The maximum atomic E-state index is 12.8. The zero-order valence-corrected chi connectivity index (χ0v) is 15.2.